The number of H-pyrrole nitrogens is 1. The minimum absolute atomic E-state index is 0.158. The third-order valence-electron chi connectivity index (χ3n) is 5.52. The summed E-state index contributed by atoms with van der Waals surface area (Å²) in [5, 5.41) is 17.0. The third kappa shape index (κ3) is 5.28. The number of ether oxygens (including phenoxy) is 1. The van der Waals surface area contributed by atoms with Gasteiger partial charge in [-0.15, -0.1) is 0 Å². The summed E-state index contributed by atoms with van der Waals surface area (Å²) < 4.78 is 62.8. The van der Waals surface area contributed by atoms with Crippen molar-refractivity contribution in [2.24, 2.45) is 0 Å². The molecule has 0 aromatic carbocycles. The van der Waals surface area contributed by atoms with E-state index < -0.39 is 35.4 Å². The number of aromatic amines is 1. The molecule has 4 rings (SSSR count). The number of piperazine rings is 1. The van der Waals surface area contributed by atoms with E-state index in [9.17, 15) is 22.8 Å². The third-order valence-corrected chi connectivity index (χ3v) is 5.52. The molecule has 36 heavy (non-hydrogen) atoms. The van der Waals surface area contributed by atoms with Crippen molar-refractivity contribution in [1.82, 2.24) is 34.8 Å². The lowest BCUT2D eigenvalue weighted by Crippen LogP contribution is -2.49. The van der Waals surface area contributed by atoms with E-state index in [2.05, 4.69) is 20.2 Å². The normalized spacial score (nSPS) is 16.4. The van der Waals surface area contributed by atoms with Gasteiger partial charge in [0.1, 0.15) is 11.5 Å². The molecule has 1 saturated heterocycles. The zero-order valence-corrected chi connectivity index (χ0v) is 19.0. The van der Waals surface area contributed by atoms with Crippen LogP contribution in [0.4, 0.5) is 19.1 Å². The predicted octanol–water partition coefficient (Wildman–Crippen LogP) is 1.12. The summed E-state index contributed by atoms with van der Waals surface area (Å²) in [5.74, 6) is 0.159. The molecule has 0 aliphatic carbocycles. The Morgan fingerprint density at radius 1 is 1.28 bits per heavy atom. The van der Waals surface area contributed by atoms with Gasteiger partial charge in [-0.3, -0.25) is 14.3 Å². The average molecular weight is 507 g/mol. The van der Waals surface area contributed by atoms with E-state index in [1.165, 1.54) is 19.3 Å². The number of rotatable bonds is 7. The van der Waals surface area contributed by atoms with Crippen LogP contribution < -0.4 is 10.5 Å². The molecule has 3 aromatic rings. The Hall–Kier alpha value is -4.06. The van der Waals surface area contributed by atoms with Crippen LogP contribution in [0, 0.1) is 11.3 Å². The minimum atomic E-state index is -4.95. The van der Waals surface area contributed by atoms with Gasteiger partial charge in [-0.05, 0) is 6.92 Å². The SMILES string of the molecule is [2H]C([2H])(OCCC(=O)N1CCN(c2ncc(C#N)cn2)CC1)C(C)n1nc(C(F)(F)F)c2c(=O)[nH]ncc21. The summed E-state index contributed by atoms with van der Waals surface area (Å²) in [6.45, 7) is 0.0314. The maximum Gasteiger partial charge on any atom is 0.435 e. The highest BCUT2D eigenvalue weighted by atomic mass is 19.4. The highest BCUT2D eigenvalue weighted by molar-refractivity contribution is 5.80. The molecule has 1 amide bonds. The average Bonchev–Trinajstić information content (AvgIpc) is 3.30. The second kappa shape index (κ2) is 10.3. The Morgan fingerprint density at radius 2 is 1.97 bits per heavy atom. The highest BCUT2D eigenvalue weighted by Gasteiger charge is 2.38. The fraction of sp³-hybridized carbons (Fsp3) is 0.476. The topological polar surface area (TPSA) is 146 Å². The van der Waals surface area contributed by atoms with Gasteiger partial charge in [0.15, 0.2) is 5.69 Å². The number of halogens is 3. The number of aromatic nitrogens is 6. The summed E-state index contributed by atoms with van der Waals surface area (Å²) in [6, 6.07) is 0.548. The molecule has 1 aliphatic rings. The largest absolute Gasteiger partial charge is 0.435 e. The van der Waals surface area contributed by atoms with Gasteiger partial charge < -0.3 is 14.5 Å². The van der Waals surface area contributed by atoms with Crippen molar-refractivity contribution in [3.05, 3.63) is 40.2 Å². The molecule has 190 valence electrons. The monoisotopic (exact) mass is 507 g/mol. The molecule has 1 aliphatic heterocycles. The molecule has 15 heteroatoms. The van der Waals surface area contributed by atoms with Gasteiger partial charge in [0.2, 0.25) is 11.9 Å². The van der Waals surface area contributed by atoms with Crippen molar-refractivity contribution in [2.45, 2.75) is 25.6 Å². The Labute approximate surface area is 205 Å². The van der Waals surface area contributed by atoms with Crippen molar-refractivity contribution in [2.75, 3.05) is 44.2 Å². The second-order valence-corrected chi connectivity index (χ2v) is 7.89. The van der Waals surface area contributed by atoms with Gasteiger partial charge in [0, 0.05) is 26.2 Å². The van der Waals surface area contributed by atoms with Crippen LogP contribution in [-0.4, -0.2) is 80.1 Å². The second-order valence-electron chi connectivity index (χ2n) is 7.89. The first-order valence-corrected chi connectivity index (χ1v) is 10.8. The zero-order valence-electron chi connectivity index (χ0n) is 21.0. The Morgan fingerprint density at radius 3 is 2.61 bits per heavy atom. The van der Waals surface area contributed by atoms with Gasteiger partial charge in [0.25, 0.3) is 5.56 Å². The maximum absolute atomic E-state index is 13.5. The summed E-state index contributed by atoms with van der Waals surface area (Å²) in [6.07, 6.45) is -1.33. The van der Waals surface area contributed by atoms with Crippen LogP contribution in [0.3, 0.4) is 0 Å². The van der Waals surface area contributed by atoms with Gasteiger partial charge in [-0.25, -0.2) is 15.1 Å². The molecule has 0 bridgehead atoms. The number of alkyl halides is 3. The van der Waals surface area contributed by atoms with E-state index in [4.69, 9.17) is 12.7 Å². The van der Waals surface area contributed by atoms with Crippen LogP contribution in [-0.2, 0) is 15.7 Å². The number of carbonyl (C=O) groups excluding carboxylic acids is 1. The molecule has 1 atom stereocenters. The number of hydrogen-bond donors (Lipinski definition) is 1. The number of fused-ring (bicyclic) bond motifs is 1. The van der Waals surface area contributed by atoms with Crippen molar-refractivity contribution in [1.29, 1.82) is 5.26 Å². The van der Waals surface area contributed by atoms with Crippen LogP contribution >= 0.6 is 0 Å². The van der Waals surface area contributed by atoms with Gasteiger partial charge in [-0.1, -0.05) is 0 Å². The van der Waals surface area contributed by atoms with Crippen molar-refractivity contribution in [3.63, 3.8) is 0 Å². The maximum atomic E-state index is 13.5. The minimum Gasteiger partial charge on any atom is -0.379 e. The number of amides is 1. The van der Waals surface area contributed by atoms with E-state index >= 15 is 0 Å². The molecule has 1 fully saturated rings. The van der Waals surface area contributed by atoms with Crippen LogP contribution in [0.2, 0.25) is 0 Å². The first-order chi connectivity index (χ1) is 17.9. The molecule has 1 unspecified atom stereocenters. The Kier molecular flexibility index (Phi) is 6.40. The Bertz CT molecular complexity index is 1410. The molecule has 0 spiro atoms. The van der Waals surface area contributed by atoms with Gasteiger partial charge in [0.05, 0.1) is 58.0 Å². The summed E-state index contributed by atoms with van der Waals surface area (Å²) in [7, 11) is 0. The molecule has 1 N–H and O–H groups in total. The zero-order chi connectivity index (χ0) is 27.7. The molecule has 4 heterocycles. The number of hydrogen-bond acceptors (Lipinski definition) is 9. The predicted molar refractivity (Wildman–Crippen MR) is 119 cm³/mol. The van der Waals surface area contributed by atoms with Gasteiger partial charge in [-0.2, -0.15) is 28.6 Å². The molecule has 0 saturated carbocycles. The lowest BCUT2D eigenvalue weighted by atomic mass is 10.2. The van der Waals surface area contributed by atoms with E-state index in [1.807, 2.05) is 16.1 Å². The first kappa shape index (κ1) is 22.4. The van der Waals surface area contributed by atoms with E-state index in [0.717, 1.165) is 6.20 Å². The summed E-state index contributed by atoms with van der Waals surface area (Å²) in [4.78, 5) is 36.3. The van der Waals surface area contributed by atoms with Gasteiger partial charge >= 0.3 is 6.18 Å². The van der Waals surface area contributed by atoms with Crippen molar-refractivity contribution >= 4 is 22.8 Å². The molecule has 3 aromatic heterocycles. The number of nitriles is 1. The lowest BCUT2D eigenvalue weighted by Gasteiger charge is -2.34. The molecular weight excluding hydrogens is 483 g/mol. The first-order valence-electron chi connectivity index (χ1n) is 11.8. The van der Waals surface area contributed by atoms with E-state index in [1.54, 1.807) is 4.90 Å². The van der Waals surface area contributed by atoms with Crippen molar-refractivity contribution < 1.29 is 25.4 Å². The number of carbonyl (C=O) groups is 1. The van der Waals surface area contributed by atoms with Crippen molar-refractivity contribution in [3.8, 4) is 6.07 Å². The highest BCUT2D eigenvalue weighted by Crippen LogP contribution is 2.33. The molecule has 0 radical (unpaired) electrons. The quantitative estimate of drug-likeness (QED) is 0.497. The standard InChI is InChI=1S/C21H22F3N9O3/c1-13(33-15-11-28-29-19(35)17(15)18(30-33)21(22,23)24)12-36-7-2-16(34)31-3-5-32(6-4-31)20-26-9-14(8-25)10-27-20/h9-11,13H,2-7,12H2,1H3,(H,29,35)/i12D2. The molecular formula is C21H22F3N9O3. The van der Waals surface area contributed by atoms with E-state index in [0.29, 0.717) is 42.4 Å². The van der Waals surface area contributed by atoms with Crippen LogP contribution in [0.1, 0.15) is 33.4 Å². The fourth-order valence-corrected chi connectivity index (χ4v) is 3.72. The summed E-state index contributed by atoms with van der Waals surface area (Å²) in [5.41, 5.74) is -2.53. The van der Waals surface area contributed by atoms with Crippen LogP contribution in [0.15, 0.2) is 23.4 Å². The lowest BCUT2D eigenvalue weighted by molar-refractivity contribution is -0.140. The van der Waals surface area contributed by atoms with Crippen LogP contribution in [0.5, 0.6) is 0 Å². The number of anilines is 1. The number of nitrogens with one attached hydrogen (secondary N) is 1. The number of nitrogens with zero attached hydrogens (tertiary/aromatic N) is 8. The van der Waals surface area contributed by atoms with Crippen LogP contribution in [0.25, 0.3) is 10.9 Å². The summed E-state index contributed by atoms with van der Waals surface area (Å²) >= 11 is 0. The molecule has 12 nitrogen and oxygen atoms in total. The smallest absolute Gasteiger partial charge is 0.379 e. The van der Waals surface area contributed by atoms with E-state index in [-0.39, 0.29) is 24.5 Å². The fourth-order valence-electron chi connectivity index (χ4n) is 3.72. The Balaban J connectivity index is 1.35.